The Hall–Kier alpha value is -2.35. The summed E-state index contributed by atoms with van der Waals surface area (Å²) in [4.78, 5) is 17.0. The molecule has 8 heteroatoms. The zero-order chi connectivity index (χ0) is 17.1. The molecule has 0 spiro atoms. The predicted molar refractivity (Wildman–Crippen MR) is 89.7 cm³/mol. The van der Waals surface area contributed by atoms with Crippen LogP contribution in [0, 0.1) is 11.6 Å². The van der Waals surface area contributed by atoms with E-state index in [9.17, 15) is 13.6 Å². The molecule has 24 heavy (non-hydrogen) atoms. The quantitative estimate of drug-likeness (QED) is 0.742. The van der Waals surface area contributed by atoms with Crippen molar-refractivity contribution in [1.29, 1.82) is 0 Å². The van der Waals surface area contributed by atoms with Gasteiger partial charge in [-0.3, -0.25) is 4.79 Å². The minimum atomic E-state index is -0.594. The third kappa shape index (κ3) is 3.59. The highest BCUT2D eigenvalue weighted by Crippen LogP contribution is 2.17. The van der Waals surface area contributed by atoms with Crippen molar-refractivity contribution in [3.63, 3.8) is 0 Å². The van der Waals surface area contributed by atoms with Crippen molar-refractivity contribution in [3.05, 3.63) is 57.5 Å². The zero-order valence-corrected chi connectivity index (χ0v) is 13.9. The van der Waals surface area contributed by atoms with Gasteiger partial charge in [-0.25, -0.2) is 13.8 Å². The first-order valence-electron chi connectivity index (χ1n) is 7.64. The number of nitrogens with zero attached hydrogens (tertiary/aromatic N) is 3. The van der Waals surface area contributed by atoms with Crippen LogP contribution < -0.4 is 10.9 Å². The standard InChI is InChI=1S/C16H16F2N4OS/c1-2-3-12-9-14(23)22-16(20-12)24-15(21-22)19-7-6-10-4-5-11(17)8-13(10)18/h4-5,8-9H,2-3,6-7H2,1H3,(H,19,21). The molecule has 0 amide bonds. The summed E-state index contributed by atoms with van der Waals surface area (Å²) in [5.41, 5.74) is 0.967. The van der Waals surface area contributed by atoms with Crippen molar-refractivity contribution in [2.24, 2.45) is 0 Å². The largest absolute Gasteiger partial charge is 0.360 e. The number of hydrogen-bond acceptors (Lipinski definition) is 5. The smallest absolute Gasteiger partial charge is 0.275 e. The van der Waals surface area contributed by atoms with Crippen LogP contribution in [0.2, 0.25) is 0 Å². The fraction of sp³-hybridized carbons (Fsp3) is 0.312. The first-order chi connectivity index (χ1) is 11.6. The topological polar surface area (TPSA) is 59.3 Å². The second-order valence-electron chi connectivity index (χ2n) is 5.35. The molecule has 0 aliphatic rings. The highest BCUT2D eigenvalue weighted by atomic mass is 32.1. The van der Waals surface area contributed by atoms with E-state index in [0.717, 1.165) is 24.6 Å². The molecule has 0 atom stereocenters. The summed E-state index contributed by atoms with van der Waals surface area (Å²) in [6.07, 6.45) is 2.04. The number of fused-ring (bicyclic) bond motifs is 1. The SMILES string of the molecule is CCCc1cc(=O)n2nc(NCCc3ccc(F)cc3F)sc2n1. The maximum Gasteiger partial charge on any atom is 0.275 e. The highest BCUT2D eigenvalue weighted by molar-refractivity contribution is 7.20. The van der Waals surface area contributed by atoms with E-state index >= 15 is 0 Å². The van der Waals surface area contributed by atoms with Gasteiger partial charge in [0.05, 0.1) is 0 Å². The van der Waals surface area contributed by atoms with E-state index in [0.29, 0.717) is 28.6 Å². The van der Waals surface area contributed by atoms with Gasteiger partial charge in [0.25, 0.3) is 5.56 Å². The van der Waals surface area contributed by atoms with Gasteiger partial charge in [-0.05, 0) is 24.5 Å². The Morgan fingerprint density at radius 2 is 2.08 bits per heavy atom. The summed E-state index contributed by atoms with van der Waals surface area (Å²) in [5, 5.41) is 7.76. The normalized spacial score (nSPS) is 11.1. The number of benzene rings is 1. The maximum atomic E-state index is 13.6. The molecule has 2 aromatic heterocycles. The molecule has 1 aromatic carbocycles. The van der Waals surface area contributed by atoms with Crippen LogP contribution in [0.3, 0.4) is 0 Å². The van der Waals surface area contributed by atoms with Gasteiger partial charge in [0.15, 0.2) is 0 Å². The molecular weight excluding hydrogens is 334 g/mol. The van der Waals surface area contributed by atoms with E-state index in [1.54, 1.807) is 0 Å². The molecule has 0 saturated heterocycles. The van der Waals surface area contributed by atoms with Crippen molar-refractivity contribution in [2.75, 3.05) is 11.9 Å². The van der Waals surface area contributed by atoms with Crippen LogP contribution in [0.4, 0.5) is 13.9 Å². The van der Waals surface area contributed by atoms with Gasteiger partial charge in [0.1, 0.15) is 11.6 Å². The Bertz CT molecular complexity index is 922. The molecule has 3 rings (SSSR count). The first kappa shape index (κ1) is 16.5. The monoisotopic (exact) mass is 350 g/mol. The number of aryl methyl sites for hydroxylation is 1. The molecule has 0 unspecified atom stereocenters. The van der Waals surface area contributed by atoms with Crippen LogP contribution in [0.1, 0.15) is 24.6 Å². The number of halogens is 2. The Morgan fingerprint density at radius 1 is 1.25 bits per heavy atom. The lowest BCUT2D eigenvalue weighted by Crippen LogP contribution is -2.15. The molecule has 5 nitrogen and oxygen atoms in total. The average Bonchev–Trinajstić information content (AvgIpc) is 2.93. The summed E-state index contributed by atoms with van der Waals surface area (Å²) in [5.74, 6) is -1.16. The maximum absolute atomic E-state index is 13.6. The average molecular weight is 350 g/mol. The van der Waals surface area contributed by atoms with Crippen LogP contribution in [-0.4, -0.2) is 21.1 Å². The van der Waals surface area contributed by atoms with Crippen LogP contribution in [0.5, 0.6) is 0 Å². The molecule has 2 heterocycles. The minimum Gasteiger partial charge on any atom is -0.360 e. The lowest BCUT2D eigenvalue weighted by Gasteiger charge is -2.04. The second-order valence-corrected chi connectivity index (χ2v) is 6.31. The van der Waals surface area contributed by atoms with Crippen LogP contribution in [0.25, 0.3) is 4.96 Å². The van der Waals surface area contributed by atoms with Crippen molar-refractivity contribution >= 4 is 21.4 Å². The van der Waals surface area contributed by atoms with Crippen molar-refractivity contribution in [1.82, 2.24) is 14.6 Å². The van der Waals surface area contributed by atoms with E-state index in [1.807, 2.05) is 6.92 Å². The predicted octanol–water partition coefficient (Wildman–Crippen LogP) is 3.04. The van der Waals surface area contributed by atoms with E-state index in [1.165, 1.54) is 34.1 Å². The highest BCUT2D eigenvalue weighted by Gasteiger charge is 2.09. The molecule has 0 bridgehead atoms. The van der Waals surface area contributed by atoms with Gasteiger partial charge in [0.2, 0.25) is 10.1 Å². The lowest BCUT2D eigenvalue weighted by atomic mass is 10.1. The van der Waals surface area contributed by atoms with Gasteiger partial charge in [-0.1, -0.05) is 30.7 Å². The number of aromatic nitrogens is 3. The van der Waals surface area contributed by atoms with Gasteiger partial charge < -0.3 is 5.32 Å². The van der Waals surface area contributed by atoms with E-state index < -0.39 is 11.6 Å². The lowest BCUT2D eigenvalue weighted by molar-refractivity contribution is 0.572. The Labute approximate surface area is 141 Å². The molecule has 126 valence electrons. The summed E-state index contributed by atoms with van der Waals surface area (Å²) in [6, 6.07) is 5.02. The number of anilines is 1. The molecule has 0 radical (unpaired) electrons. The van der Waals surface area contributed by atoms with E-state index in [2.05, 4.69) is 15.4 Å². The van der Waals surface area contributed by atoms with E-state index in [-0.39, 0.29) is 5.56 Å². The second kappa shape index (κ2) is 7.04. The minimum absolute atomic E-state index is 0.211. The first-order valence-corrected chi connectivity index (χ1v) is 8.46. The summed E-state index contributed by atoms with van der Waals surface area (Å²) >= 11 is 1.27. The fourth-order valence-corrected chi connectivity index (χ4v) is 3.19. The molecule has 0 saturated carbocycles. The van der Waals surface area contributed by atoms with Gasteiger partial charge in [0, 0.05) is 24.4 Å². The Kier molecular flexibility index (Phi) is 4.84. The number of rotatable bonds is 6. The van der Waals surface area contributed by atoms with Crippen LogP contribution >= 0.6 is 11.3 Å². The van der Waals surface area contributed by atoms with Crippen molar-refractivity contribution in [2.45, 2.75) is 26.2 Å². The summed E-state index contributed by atoms with van der Waals surface area (Å²) in [6.45, 7) is 2.44. The molecule has 1 N–H and O–H groups in total. The number of hydrogen-bond donors (Lipinski definition) is 1. The molecule has 0 aliphatic heterocycles. The Morgan fingerprint density at radius 3 is 2.83 bits per heavy atom. The Balaban J connectivity index is 1.71. The van der Waals surface area contributed by atoms with Gasteiger partial charge >= 0.3 is 0 Å². The molecule has 0 fully saturated rings. The third-order valence-electron chi connectivity index (χ3n) is 3.49. The summed E-state index contributed by atoms with van der Waals surface area (Å²) in [7, 11) is 0. The third-order valence-corrected chi connectivity index (χ3v) is 4.36. The number of nitrogens with one attached hydrogen (secondary N) is 1. The van der Waals surface area contributed by atoms with Crippen molar-refractivity contribution < 1.29 is 8.78 Å². The van der Waals surface area contributed by atoms with Gasteiger partial charge in [-0.15, -0.1) is 5.10 Å². The fourth-order valence-electron chi connectivity index (χ4n) is 2.34. The zero-order valence-electron chi connectivity index (χ0n) is 13.1. The van der Waals surface area contributed by atoms with Crippen molar-refractivity contribution in [3.8, 4) is 0 Å². The summed E-state index contributed by atoms with van der Waals surface area (Å²) < 4.78 is 27.7. The molecular formula is C16H16F2N4OS. The van der Waals surface area contributed by atoms with E-state index in [4.69, 9.17) is 0 Å². The van der Waals surface area contributed by atoms with Gasteiger partial charge in [-0.2, -0.15) is 4.52 Å². The van der Waals surface area contributed by atoms with Crippen LogP contribution in [0.15, 0.2) is 29.1 Å². The molecule has 3 aromatic rings. The molecule has 0 aliphatic carbocycles. The van der Waals surface area contributed by atoms with Crippen LogP contribution in [-0.2, 0) is 12.8 Å².